The standard InChI is InChI=1S/C16H17N5O2/c1-9(2)14-19-16-18-13(22)8-12(21(16)20-14)17-15(23)11-7-5-4-6-10(11)3/h4-9H,1-3H3,(H,17,23)(H,18,19,20,22). The fourth-order valence-corrected chi connectivity index (χ4v) is 2.25. The normalized spacial score (nSPS) is 11.1. The van der Waals surface area contributed by atoms with E-state index in [1.54, 1.807) is 12.1 Å². The topological polar surface area (TPSA) is 92.1 Å². The van der Waals surface area contributed by atoms with Crippen LogP contribution in [0.1, 0.15) is 41.5 Å². The summed E-state index contributed by atoms with van der Waals surface area (Å²) in [4.78, 5) is 31.1. The molecule has 0 bridgehead atoms. The summed E-state index contributed by atoms with van der Waals surface area (Å²) in [5.74, 6) is 1.01. The van der Waals surface area contributed by atoms with Crippen molar-refractivity contribution in [2.75, 3.05) is 5.32 Å². The highest BCUT2D eigenvalue weighted by Crippen LogP contribution is 2.14. The van der Waals surface area contributed by atoms with Crippen LogP contribution >= 0.6 is 0 Å². The summed E-state index contributed by atoms with van der Waals surface area (Å²) in [5, 5.41) is 7.08. The number of aromatic nitrogens is 4. The van der Waals surface area contributed by atoms with Gasteiger partial charge in [0.2, 0.25) is 5.78 Å². The number of rotatable bonds is 3. The van der Waals surface area contributed by atoms with Crippen molar-refractivity contribution in [2.24, 2.45) is 0 Å². The van der Waals surface area contributed by atoms with Gasteiger partial charge in [0.05, 0.1) is 0 Å². The Bertz CT molecular complexity index is 939. The fraction of sp³-hybridized carbons (Fsp3) is 0.250. The molecular formula is C16H17N5O2. The maximum atomic E-state index is 12.4. The first-order valence-electron chi connectivity index (χ1n) is 7.32. The average Bonchev–Trinajstić information content (AvgIpc) is 2.91. The molecule has 0 saturated carbocycles. The molecule has 0 spiro atoms. The molecule has 7 nitrogen and oxygen atoms in total. The van der Waals surface area contributed by atoms with Gasteiger partial charge in [-0.15, -0.1) is 5.10 Å². The number of aromatic amines is 1. The number of aryl methyl sites for hydroxylation is 1. The fourth-order valence-electron chi connectivity index (χ4n) is 2.25. The lowest BCUT2D eigenvalue weighted by atomic mass is 10.1. The second-order valence-corrected chi connectivity index (χ2v) is 5.65. The van der Waals surface area contributed by atoms with Gasteiger partial charge in [0, 0.05) is 17.5 Å². The van der Waals surface area contributed by atoms with Crippen molar-refractivity contribution in [2.45, 2.75) is 26.7 Å². The van der Waals surface area contributed by atoms with E-state index in [1.807, 2.05) is 32.9 Å². The summed E-state index contributed by atoms with van der Waals surface area (Å²) in [6, 6.07) is 8.54. The van der Waals surface area contributed by atoms with Crippen LogP contribution in [0.25, 0.3) is 5.78 Å². The molecule has 0 saturated heterocycles. The van der Waals surface area contributed by atoms with Crippen molar-refractivity contribution in [1.29, 1.82) is 0 Å². The number of amides is 1. The molecule has 0 aliphatic carbocycles. The highest BCUT2D eigenvalue weighted by Gasteiger charge is 2.15. The number of carbonyl (C=O) groups is 1. The van der Waals surface area contributed by atoms with Crippen LogP contribution in [0.15, 0.2) is 35.1 Å². The maximum Gasteiger partial charge on any atom is 0.257 e. The number of hydrogen-bond acceptors (Lipinski definition) is 4. The van der Waals surface area contributed by atoms with Crippen molar-refractivity contribution < 1.29 is 4.79 Å². The summed E-state index contributed by atoms with van der Waals surface area (Å²) in [6.45, 7) is 5.77. The number of benzene rings is 1. The minimum Gasteiger partial charge on any atom is -0.306 e. The Balaban J connectivity index is 2.04. The zero-order valence-corrected chi connectivity index (χ0v) is 13.1. The molecule has 2 N–H and O–H groups in total. The number of carbonyl (C=O) groups excluding carboxylic acids is 1. The van der Waals surface area contributed by atoms with Gasteiger partial charge in [-0.3, -0.25) is 14.6 Å². The van der Waals surface area contributed by atoms with Crippen molar-refractivity contribution in [3.63, 3.8) is 0 Å². The molecular weight excluding hydrogens is 294 g/mol. The number of nitrogens with zero attached hydrogens (tertiary/aromatic N) is 3. The SMILES string of the molecule is Cc1ccccc1C(=O)Nc1cc(=O)[nH]c2nc(C(C)C)nn12. The van der Waals surface area contributed by atoms with Crippen LogP contribution in [0.5, 0.6) is 0 Å². The van der Waals surface area contributed by atoms with Crippen molar-refractivity contribution >= 4 is 17.5 Å². The Labute approximate surface area is 132 Å². The molecule has 3 rings (SSSR count). The lowest BCUT2D eigenvalue weighted by Gasteiger charge is -2.08. The van der Waals surface area contributed by atoms with E-state index >= 15 is 0 Å². The summed E-state index contributed by atoms with van der Waals surface area (Å²) < 4.78 is 1.44. The highest BCUT2D eigenvalue weighted by molar-refractivity contribution is 6.04. The number of nitrogens with one attached hydrogen (secondary N) is 2. The van der Waals surface area contributed by atoms with Crippen LogP contribution < -0.4 is 10.9 Å². The molecule has 1 aromatic carbocycles. The van der Waals surface area contributed by atoms with E-state index in [1.165, 1.54) is 10.6 Å². The quantitative estimate of drug-likeness (QED) is 0.775. The van der Waals surface area contributed by atoms with Gasteiger partial charge in [-0.05, 0) is 18.6 Å². The van der Waals surface area contributed by atoms with E-state index in [9.17, 15) is 9.59 Å². The monoisotopic (exact) mass is 311 g/mol. The van der Waals surface area contributed by atoms with E-state index in [4.69, 9.17) is 0 Å². The van der Waals surface area contributed by atoms with E-state index in [0.29, 0.717) is 17.2 Å². The van der Waals surface area contributed by atoms with Gasteiger partial charge in [-0.1, -0.05) is 32.0 Å². The maximum absolute atomic E-state index is 12.4. The minimum atomic E-state index is -0.347. The van der Waals surface area contributed by atoms with Crippen LogP contribution in [-0.4, -0.2) is 25.5 Å². The molecule has 2 heterocycles. The van der Waals surface area contributed by atoms with Gasteiger partial charge in [0.1, 0.15) is 5.82 Å². The van der Waals surface area contributed by atoms with E-state index in [2.05, 4.69) is 20.4 Å². The zero-order chi connectivity index (χ0) is 16.6. The molecule has 0 unspecified atom stereocenters. The van der Waals surface area contributed by atoms with E-state index < -0.39 is 0 Å². The first-order valence-corrected chi connectivity index (χ1v) is 7.32. The lowest BCUT2D eigenvalue weighted by Crippen LogP contribution is -2.19. The number of hydrogen-bond donors (Lipinski definition) is 2. The van der Waals surface area contributed by atoms with Gasteiger partial charge in [-0.2, -0.15) is 9.50 Å². The predicted octanol–water partition coefficient (Wildman–Crippen LogP) is 2.10. The van der Waals surface area contributed by atoms with Crippen LogP contribution in [0, 0.1) is 6.92 Å². The van der Waals surface area contributed by atoms with Crippen molar-refractivity contribution in [3.8, 4) is 0 Å². The van der Waals surface area contributed by atoms with Gasteiger partial charge < -0.3 is 5.32 Å². The van der Waals surface area contributed by atoms with Crippen molar-refractivity contribution in [1.82, 2.24) is 19.6 Å². The molecule has 1 amide bonds. The molecule has 7 heteroatoms. The summed E-state index contributed by atoms with van der Waals surface area (Å²) >= 11 is 0. The molecule has 3 aromatic rings. The first-order chi connectivity index (χ1) is 11.0. The molecule has 0 radical (unpaired) electrons. The highest BCUT2D eigenvalue weighted by atomic mass is 16.2. The molecule has 0 aliphatic heterocycles. The number of anilines is 1. The molecule has 0 aliphatic rings. The zero-order valence-electron chi connectivity index (χ0n) is 13.1. The largest absolute Gasteiger partial charge is 0.306 e. The van der Waals surface area contributed by atoms with E-state index in [-0.39, 0.29) is 23.2 Å². The Kier molecular flexibility index (Phi) is 3.69. The predicted molar refractivity (Wildman–Crippen MR) is 86.8 cm³/mol. The van der Waals surface area contributed by atoms with Crippen LogP contribution in [-0.2, 0) is 0 Å². The molecule has 2 aromatic heterocycles. The summed E-state index contributed by atoms with van der Waals surface area (Å²) in [7, 11) is 0. The second kappa shape index (κ2) is 5.68. The molecule has 0 atom stereocenters. The summed E-state index contributed by atoms with van der Waals surface area (Å²) in [5.41, 5.74) is 1.05. The van der Waals surface area contributed by atoms with E-state index in [0.717, 1.165) is 5.56 Å². The third kappa shape index (κ3) is 2.85. The van der Waals surface area contributed by atoms with Crippen LogP contribution in [0.2, 0.25) is 0 Å². The molecule has 23 heavy (non-hydrogen) atoms. The van der Waals surface area contributed by atoms with Gasteiger partial charge in [-0.25, -0.2) is 0 Å². The smallest absolute Gasteiger partial charge is 0.257 e. The molecule has 0 fully saturated rings. The van der Waals surface area contributed by atoms with Gasteiger partial charge in [0.15, 0.2) is 5.82 Å². The van der Waals surface area contributed by atoms with Crippen LogP contribution in [0.4, 0.5) is 5.82 Å². The van der Waals surface area contributed by atoms with Gasteiger partial charge in [0.25, 0.3) is 11.5 Å². The van der Waals surface area contributed by atoms with Crippen molar-refractivity contribution in [3.05, 3.63) is 57.6 Å². The Morgan fingerprint density at radius 1 is 1.30 bits per heavy atom. The van der Waals surface area contributed by atoms with Gasteiger partial charge >= 0.3 is 0 Å². The molecule has 118 valence electrons. The third-order valence-electron chi connectivity index (χ3n) is 3.50. The second-order valence-electron chi connectivity index (χ2n) is 5.65. The summed E-state index contributed by atoms with van der Waals surface area (Å²) in [6.07, 6.45) is 0. The first kappa shape index (κ1) is 15.0. The number of fused-ring (bicyclic) bond motifs is 1. The third-order valence-corrected chi connectivity index (χ3v) is 3.50. The van der Waals surface area contributed by atoms with Crippen LogP contribution in [0.3, 0.4) is 0 Å². The average molecular weight is 311 g/mol. The minimum absolute atomic E-state index is 0.110. The Morgan fingerprint density at radius 3 is 2.74 bits per heavy atom. The Morgan fingerprint density at radius 2 is 2.04 bits per heavy atom. The lowest BCUT2D eigenvalue weighted by molar-refractivity contribution is 0.102. The Hall–Kier alpha value is -2.96. The number of H-pyrrole nitrogens is 1.